The zero-order valence-corrected chi connectivity index (χ0v) is 8.71. The fourth-order valence-electron chi connectivity index (χ4n) is 1.49. The van der Waals surface area contributed by atoms with Crippen LogP contribution in [0, 0.1) is 10.1 Å². The summed E-state index contributed by atoms with van der Waals surface area (Å²) in [5, 5.41) is 49.7. The van der Waals surface area contributed by atoms with Crippen LogP contribution in [0.5, 0.6) is 0 Å². The summed E-state index contributed by atoms with van der Waals surface area (Å²) in [5.41, 5.74) is 0. The van der Waals surface area contributed by atoms with Crippen LogP contribution in [0.3, 0.4) is 0 Å². The lowest BCUT2D eigenvalue weighted by molar-refractivity contribution is -0.402. The molecular weight excluding hydrogens is 236 g/mol. The zero-order valence-electron chi connectivity index (χ0n) is 8.71. The smallest absolute Gasteiger partial charge is 0.249 e. The Morgan fingerprint density at radius 2 is 2.00 bits per heavy atom. The topological polar surface area (TPSA) is 145 Å². The molecule has 0 aromatic heterocycles. The van der Waals surface area contributed by atoms with Crippen molar-refractivity contribution in [2.45, 2.75) is 30.6 Å². The van der Waals surface area contributed by atoms with Gasteiger partial charge >= 0.3 is 0 Å². The Kier molecular flexibility index (Phi) is 4.78. The lowest BCUT2D eigenvalue weighted by Gasteiger charge is -2.39. The number of hydrogen-bond acceptors (Lipinski definition) is 8. The van der Waals surface area contributed by atoms with Crippen LogP contribution < -0.4 is 5.32 Å². The maximum atomic E-state index is 10.0. The summed E-state index contributed by atoms with van der Waals surface area (Å²) in [4.78, 5) is 9.27. The van der Waals surface area contributed by atoms with Gasteiger partial charge in [-0.2, -0.15) is 0 Å². The third kappa shape index (κ3) is 3.35. The molecule has 0 bridgehead atoms. The summed E-state index contributed by atoms with van der Waals surface area (Å²) in [6, 6.07) is -1.12. The molecule has 0 spiro atoms. The summed E-state index contributed by atoms with van der Waals surface area (Å²) in [6.07, 6.45) is -3.94. The molecule has 1 heterocycles. The van der Waals surface area contributed by atoms with Gasteiger partial charge in [-0.15, -0.1) is 0 Å². The number of nitrogens with one attached hydrogen (secondary N) is 1. The highest BCUT2D eigenvalue weighted by Crippen LogP contribution is 2.19. The lowest BCUT2D eigenvalue weighted by atomic mass is 9.97. The number of hydrogen-bond donors (Lipinski definition) is 5. The molecule has 0 aromatic rings. The lowest BCUT2D eigenvalue weighted by Crippen LogP contribution is -2.62. The minimum Gasteiger partial charge on any atom is -0.394 e. The number of aliphatic hydroxyl groups excluding tert-OH is 4. The van der Waals surface area contributed by atoms with E-state index in [1.54, 1.807) is 0 Å². The molecule has 9 nitrogen and oxygen atoms in total. The highest BCUT2D eigenvalue weighted by Gasteiger charge is 2.43. The van der Waals surface area contributed by atoms with E-state index in [1.807, 2.05) is 0 Å². The Labute approximate surface area is 96.1 Å². The summed E-state index contributed by atoms with van der Waals surface area (Å²) in [7, 11) is 0. The number of aliphatic hydroxyl groups is 4. The first-order valence-electron chi connectivity index (χ1n) is 4.84. The fourth-order valence-corrected chi connectivity index (χ4v) is 1.49. The second-order valence-electron chi connectivity index (χ2n) is 3.52. The van der Waals surface area contributed by atoms with Crippen molar-refractivity contribution in [1.82, 2.24) is 5.32 Å². The van der Waals surface area contributed by atoms with Gasteiger partial charge in [0, 0.05) is 0 Å². The Morgan fingerprint density at radius 3 is 2.53 bits per heavy atom. The molecule has 17 heavy (non-hydrogen) atoms. The molecule has 0 radical (unpaired) electrons. The van der Waals surface area contributed by atoms with E-state index >= 15 is 0 Å². The minimum atomic E-state index is -1.50. The van der Waals surface area contributed by atoms with Gasteiger partial charge in [0.1, 0.15) is 24.4 Å². The summed E-state index contributed by atoms with van der Waals surface area (Å²) < 4.78 is 4.82. The average Bonchev–Trinajstić information content (AvgIpc) is 2.27. The second kappa shape index (κ2) is 5.89. The SMILES string of the molecule is O=[N+]([O-])C=CN[C@H]1C(O)O[C@H](CO)[C@@H](O)[C@@H]1O. The van der Waals surface area contributed by atoms with E-state index in [-0.39, 0.29) is 0 Å². The van der Waals surface area contributed by atoms with E-state index in [4.69, 9.17) is 9.84 Å². The van der Waals surface area contributed by atoms with Gasteiger partial charge in [-0.25, -0.2) is 0 Å². The molecular formula is C8H14N2O7. The summed E-state index contributed by atoms with van der Waals surface area (Å²) >= 11 is 0. The number of nitro groups is 1. The van der Waals surface area contributed by atoms with Crippen molar-refractivity contribution in [1.29, 1.82) is 0 Å². The van der Waals surface area contributed by atoms with Gasteiger partial charge in [0.25, 0.3) is 0 Å². The minimum absolute atomic E-state index is 0.563. The molecule has 98 valence electrons. The van der Waals surface area contributed by atoms with E-state index in [2.05, 4.69) is 5.32 Å². The van der Waals surface area contributed by atoms with E-state index < -0.39 is 42.2 Å². The van der Waals surface area contributed by atoms with Gasteiger partial charge in [-0.1, -0.05) is 0 Å². The molecule has 0 aromatic carbocycles. The van der Waals surface area contributed by atoms with Crippen LogP contribution in [-0.4, -0.2) is 62.6 Å². The largest absolute Gasteiger partial charge is 0.394 e. The number of ether oxygens (including phenoxy) is 1. The molecule has 1 rings (SSSR count). The quantitative estimate of drug-likeness (QED) is 0.264. The molecule has 0 aliphatic carbocycles. The zero-order chi connectivity index (χ0) is 13.0. The van der Waals surface area contributed by atoms with Gasteiger partial charge in [0.15, 0.2) is 6.29 Å². The average molecular weight is 250 g/mol. The molecule has 1 aliphatic rings. The van der Waals surface area contributed by atoms with Crippen molar-refractivity contribution in [3.63, 3.8) is 0 Å². The highest BCUT2D eigenvalue weighted by molar-refractivity contribution is 4.94. The van der Waals surface area contributed by atoms with Gasteiger partial charge in [0.2, 0.25) is 6.20 Å². The predicted octanol–water partition coefficient (Wildman–Crippen LogP) is -2.88. The van der Waals surface area contributed by atoms with E-state index in [0.29, 0.717) is 6.20 Å². The maximum Gasteiger partial charge on any atom is 0.249 e. The van der Waals surface area contributed by atoms with Gasteiger partial charge in [0.05, 0.1) is 17.7 Å². The van der Waals surface area contributed by atoms with Crippen LogP contribution in [0.2, 0.25) is 0 Å². The van der Waals surface area contributed by atoms with Crippen LogP contribution in [0.4, 0.5) is 0 Å². The number of nitrogens with zero attached hydrogens (tertiary/aromatic N) is 1. The summed E-state index contributed by atoms with van der Waals surface area (Å²) in [5.74, 6) is 0. The standard InChI is InChI=1S/C8H14N2O7/c11-3-4-6(12)7(13)5(8(14)17-4)9-1-2-10(15)16/h1-2,4-9,11-14H,3H2/t4-,5-,6-,7-,8?/m1/s1. The Hall–Kier alpha value is -1.26. The van der Waals surface area contributed by atoms with E-state index in [0.717, 1.165) is 6.20 Å². The molecule has 5 N–H and O–H groups in total. The molecule has 1 unspecified atom stereocenters. The van der Waals surface area contributed by atoms with Crippen LogP contribution in [0.25, 0.3) is 0 Å². The summed E-state index contributed by atoms with van der Waals surface area (Å²) in [6.45, 7) is -0.563. The molecule has 0 saturated carbocycles. The van der Waals surface area contributed by atoms with Crippen molar-refractivity contribution in [2.75, 3.05) is 6.61 Å². The third-order valence-electron chi connectivity index (χ3n) is 2.39. The number of rotatable bonds is 4. The maximum absolute atomic E-state index is 10.0. The van der Waals surface area contributed by atoms with Crippen LogP contribution in [-0.2, 0) is 4.74 Å². The first-order valence-corrected chi connectivity index (χ1v) is 4.84. The highest BCUT2D eigenvalue weighted by atomic mass is 16.6. The van der Waals surface area contributed by atoms with Crippen molar-refractivity contribution < 1.29 is 30.1 Å². The van der Waals surface area contributed by atoms with E-state index in [9.17, 15) is 25.4 Å². The normalized spacial score (nSPS) is 38.2. The molecule has 1 aliphatic heterocycles. The third-order valence-corrected chi connectivity index (χ3v) is 2.39. The van der Waals surface area contributed by atoms with Gasteiger partial charge < -0.3 is 30.5 Å². The van der Waals surface area contributed by atoms with Crippen molar-refractivity contribution in [3.05, 3.63) is 22.5 Å². The van der Waals surface area contributed by atoms with Gasteiger partial charge in [-0.05, 0) is 0 Å². The van der Waals surface area contributed by atoms with Crippen molar-refractivity contribution in [3.8, 4) is 0 Å². The first kappa shape index (κ1) is 13.8. The van der Waals surface area contributed by atoms with Gasteiger partial charge in [-0.3, -0.25) is 10.1 Å². The van der Waals surface area contributed by atoms with Crippen LogP contribution in [0.15, 0.2) is 12.4 Å². The van der Waals surface area contributed by atoms with Crippen LogP contribution in [0.1, 0.15) is 0 Å². The molecule has 1 fully saturated rings. The Bertz CT molecular complexity index is 298. The fraction of sp³-hybridized carbons (Fsp3) is 0.750. The van der Waals surface area contributed by atoms with Crippen molar-refractivity contribution in [2.24, 2.45) is 0 Å². The monoisotopic (exact) mass is 250 g/mol. The molecule has 9 heteroatoms. The van der Waals surface area contributed by atoms with Crippen molar-refractivity contribution >= 4 is 0 Å². The first-order chi connectivity index (χ1) is 7.97. The Balaban J connectivity index is 2.63. The Morgan fingerprint density at radius 1 is 1.35 bits per heavy atom. The molecule has 5 atom stereocenters. The van der Waals surface area contributed by atoms with Crippen LogP contribution >= 0.6 is 0 Å². The van der Waals surface area contributed by atoms with E-state index in [1.165, 1.54) is 0 Å². The predicted molar refractivity (Wildman–Crippen MR) is 53.0 cm³/mol. The second-order valence-corrected chi connectivity index (χ2v) is 3.52. The molecule has 1 saturated heterocycles. The molecule has 0 amide bonds.